The van der Waals surface area contributed by atoms with Gasteiger partial charge in [0.2, 0.25) is 15.9 Å². The van der Waals surface area contributed by atoms with E-state index in [1.165, 1.54) is 4.31 Å². The maximum Gasteiger partial charge on any atom is 0.490 e. The third-order valence-corrected chi connectivity index (χ3v) is 7.02. The fourth-order valence-corrected chi connectivity index (χ4v) is 4.72. The molecule has 180 valence electrons. The van der Waals surface area contributed by atoms with Gasteiger partial charge in [0.15, 0.2) is 0 Å². The lowest BCUT2D eigenvalue weighted by molar-refractivity contribution is -0.192. The van der Waals surface area contributed by atoms with Crippen molar-refractivity contribution in [3.8, 4) is 0 Å². The summed E-state index contributed by atoms with van der Waals surface area (Å²) in [5.74, 6) is -2.51. The van der Waals surface area contributed by atoms with Crippen LogP contribution in [0.25, 0.3) is 0 Å². The van der Waals surface area contributed by atoms with Crippen molar-refractivity contribution in [1.82, 2.24) is 14.5 Å². The Bertz CT molecular complexity index is 894. The van der Waals surface area contributed by atoms with Gasteiger partial charge >= 0.3 is 12.1 Å². The highest BCUT2D eigenvalue weighted by Crippen LogP contribution is 2.32. The first kappa shape index (κ1) is 26.1. The van der Waals surface area contributed by atoms with Crippen LogP contribution in [0.2, 0.25) is 0 Å². The fraction of sp³-hybridized carbons (Fsp3) is 0.600. The smallest absolute Gasteiger partial charge is 0.475 e. The number of hydrogen-bond acceptors (Lipinski definition) is 5. The van der Waals surface area contributed by atoms with Crippen LogP contribution >= 0.6 is 0 Å². The first-order chi connectivity index (χ1) is 14.8. The number of aliphatic carboxylic acids is 1. The lowest BCUT2D eigenvalue weighted by Gasteiger charge is -2.30. The number of carboxylic acids is 1. The van der Waals surface area contributed by atoms with Crippen LogP contribution in [-0.2, 0) is 19.6 Å². The first-order valence-electron chi connectivity index (χ1n) is 10.2. The molecule has 12 heteroatoms. The maximum atomic E-state index is 13.1. The van der Waals surface area contributed by atoms with Gasteiger partial charge in [-0.2, -0.15) is 17.5 Å². The van der Waals surface area contributed by atoms with Gasteiger partial charge in [-0.1, -0.05) is 26.0 Å². The third kappa shape index (κ3) is 7.17. The molecule has 1 aromatic carbocycles. The Labute approximate surface area is 185 Å². The molecule has 1 saturated heterocycles. The van der Waals surface area contributed by atoms with E-state index in [0.29, 0.717) is 19.0 Å². The molecule has 0 atom stereocenters. The van der Waals surface area contributed by atoms with Gasteiger partial charge in [0, 0.05) is 32.2 Å². The molecule has 1 saturated carbocycles. The number of nitrogens with one attached hydrogen (secondary N) is 1. The van der Waals surface area contributed by atoms with Crippen molar-refractivity contribution in [2.75, 3.05) is 32.7 Å². The van der Waals surface area contributed by atoms with Crippen LogP contribution in [0.3, 0.4) is 0 Å². The molecule has 1 aliphatic heterocycles. The Kier molecular flexibility index (Phi) is 8.66. The highest BCUT2D eigenvalue weighted by molar-refractivity contribution is 7.89. The van der Waals surface area contributed by atoms with Crippen molar-refractivity contribution in [3.05, 3.63) is 29.8 Å². The predicted octanol–water partition coefficient (Wildman–Crippen LogP) is 2.03. The van der Waals surface area contributed by atoms with Gasteiger partial charge in [-0.3, -0.25) is 4.79 Å². The molecule has 32 heavy (non-hydrogen) atoms. The normalized spacial score (nSPS) is 17.2. The molecule has 0 unspecified atom stereocenters. The molecule has 0 spiro atoms. The van der Waals surface area contributed by atoms with Crippen molar-refractivity contribution in [1.29, 1.82) is 0 Å². The van der Waals surface area contributed by atoms with Gasteiger partial charge in [0.1, 0.15) is 0 Å². The monoisotopic (exact) mass is 479 g/mol. The van der Waals surface area contributed by atoms with Crippen molar-refractivity contribution in [2.45, 2.75) is 49.7 Å². The van der Waals surface area contributed by atoms with Crippen LogP contribution in [0, 0.1) is 0 Å². The number of carbonyl (C=O) groups excluding carboxylic acids is 1. The average molecular weight is 480 g/mol. The van der Waals surface area contributed by atoms with E-state index in [4.69, 9.17) is 9.90 Å². The maximum absolute atomic E-state index is 13.1. The molecule has 1 heterocycles. The zero-order valence-corrected chi connectivity index (χ0v) is 18.7. The van der Waals surface area contributed by atoms with Gasteiger partial charge in [0.25, 0.3) is 0 Å². The van der Waals surface area contributed by atoms with E-state index in [0.717, 1.165) is 31.5 Å². The third-order valence-electron chi connectivity index (χ3n) is 5.11. The van der Waals surface area contributed by atoms with E-state index < -0.39 is 22.2 Å². The molecule has 2 N–H and O–H groups in total. The summed E-state index contributed by atoms with van der Waals surface area (Å²) in [6.07, 6.45) is -3.42. The van der Waals surface area contributed by atoms with Gasteiger partial charge in [-0.15, -0.1) is 0 Å². The molecule has 0 bridgehead atoms. The molecule has 3 rings (SSSR count). The molecule has 1 aliphatic carbocycles. The Morgan fingerprint density at radius 2 is 1.66 bits per heavy atom. The lowest BCUT2D eigenvalue weighted by atomic mass is 10.0. The lowest BCUT2D eigenvalue weighted by Crippen LogP contribution is -2.50. The number of amides is 1. The van der Waals surface area contributed by atoms with Crippen LogP contribution < -0.4 is 5.32 Å². The van der Waals surface area contributed by atoms with E-state index in [1.54, 1.807) is 17.0 Å². The number of rotatable bonds is 6. The summed E-state index contributed by atoms with van der Waals surface area (Å²) < 4.78 is 59.3. The number of carbonyl (C=O) groups is 2. The van der Waals surface area contributed by atoms with Gasteiger partial charge in [-0.05, 0) is 36.5 Å². The van der Waals surface area contributed by atoms with Crippen LogP contribution in [0.5, 0.6) is 0 Å². The Morgan fingerprint density at radius 3 is 2.06 bits per heavy atom. The standard InChI is InChI=1S/C18H27N3O3S.C2HF3O2/c1-14(2)15-3-7-17(8-4-15)25(23,24)21(16-5-6-16)13-18(22)20-11-9-19-10-12-20;3-2(4,5)1(6)7/h3-4,7-8,14,16,19H,5-6,9-13H2,1-2H3;(H,6,7). The highest BCUT2D eigenvalue weighted by atomic mass is 32.2. The highest BCUT2D eigenvalue weighted by Gasteiger charge is 2.40. The largest absolute Gasteiger partial charge is 0.490 e. The quantitative estimate of drug-likeness (QED) is 0.647. The van der Waals surface area contributed by atoms with Gasteiger partial charge in [-0.25, -0.2) is 13.2 Å². The number of alkyl halides is 3. The molecule has 2 aliphatic rings. The van der Waals surface area contributed by atoms with Gasteiger partial charge in [0.05, 0.1) is 11.4 Å². The molecule has 1 aromatic rings. The second-order valence-electron chi connectivity index (χ2n) is 7.94. The summed E-state index contributed by atoms with van der Waals surface area (Å²) in [5, 5.41) is 10.3. The fourth-order valence-electron chi connectivity index (χ4n) is 3.08. The van der Waals surface area contributed by atoms with E-state index in [1.807, 2.05) is 12.1 Å². The first-order valence-corrected chi connectivity index (χ1v) is 11.7. The van der Waals surface area contributed by atoms with Crippen molar-refractivity contribution >= 4 is 21.9 Å². The number of carboxylic acid groups (broad SMARTS) is 1. The number of nitrogens with zero attached hydrogens (tertiary/aromatic N) is 2. The minimum Gasteiger partial charge on any atom is -0.475 e. The number of sulfonamides is 1. The molecule has 8 nitrogen and oxygen atoms in total. The minimum absolute atomic E-state index is 0.0401. The van der Waals surface area contributed by atoms with Crippen molar-refractivity contribution < 1.29 is 36.3 Å². The molecule has 0 radical (unpaired) electrons. The Balaban J connectivity index is 0.000000451. The Hall–Kier alpha value is -2.18. The number of halogens is 3. The van der Waals surface area contributed by atoms with E-state index in [-0.39, 0.29) is 23.4 Å². The SMILES string of the molecule is CC(C)c1ccc(S(=O)(=O)N(CC(=O)N2CCNCC2)C2CC2)cc1.O=C(O)C(F)(F)F. The molecule has 2 fully saturated rings. The average Bonchev–Trinajstić information content (AvgIpc) is 3.57. The molecular weight excluding hydrogens is 451 g/mol. The molecule has 1 amide bonds. The number of piperazine rings is 1. The second-order valence-corrected chi connectivity index (χ2v) is 9.83. The van der Waals surface area contributed by atoms with Crippen LogP contribution in [0.4, 0.5) is 13.2 Å². The van der Waals surface area contributed by atoms with Crippen molar-refractivity contribution in [2.24, 2.45) is 0 Å². The number of benzene rings is 1. The zero-order chi connectivity index (χ0) is 24.1. The predicted molar refractivity (Wildman–Crippen MR) is 111 cm³/mol. The number of hydrogen-bond donors (Lipinski definition) is 2. The summed E-state index contributed by atoms with van der Waals surface area (Å²) >= 11 is 0. The zero-order valence-electron chi connectivity index (χ0n) is 17.9. The minimum atomic E-state index is -5.08. The van der Waals surface area contributed by atoms with Crippen LogP contribution in [0.1, 0.15) is 38.2 Å². The molecular formula is C20H28F3N3O5S. The van der Waals surface area contributed by atoms with E-state index >= 15 is 0 Å². The van der Waals surface area contributed by atoms with E-state index in [9.17, 15) is 26.4 Å². The van der Waals surface area contributed by atoms with Crippen LogP contribution in [0.15, 0.2) is 29.2 Å². The van der Waals surface area contributed by atoms with E-state index in [2.05, 4.69) is 19.2 Å². The molecule has 0 aromatic heterocycles. The topological polar surface area (TPSA) is 107 Å². The summed E-state index contributed by atoms with van der Waals surface area (Å²) in [6, 6.07) is 7.01. The summed E-state index contributed by atoms with van der Waals surface area (Å²) in [5.41, 5.74) is 1.11. The Morgan fingerprint density at radius 1 is 1.16 bits per heavy atom. The summed E-state index contributed by atoms with van der Waals surface area (Å²) in [4.78, 5) is 23.5. The summed E-state index contributed by atoms with van der Waals surface area (Å²) in [7, 11) is -3.64. The second kappa shape index (κ2) is 10.6. The van der Waals surface area contributed by atoms with Crippen LogP contribution in [-0.4, -0.2) is 79.5 Å². The van der Waals surface area contributed by atoms with Gasteiger partial charge < -0.3 is 15.3 Å². The summed E-state index contributed by atoms with van der Waals surface area (Å²) in [6.45, 7) is 6.90. The van der Waals surface area contributed by atoms with Crippen molar-refractivity contribution in [3.63, 3.8) is 0 Å².